The minimum atomic E-state index is -0.909. The lowest BCUT2D eigenvalue weighted by Crippen LogP contribution is -2.41. The van der Waals surface area contributed by atoms with E-state index in [-0.39, 0.29) is 12.6 Å². The molecule has 0 heterocycles. The third kappa shape index (κ3) is 6.73. The van der Waals surface area contributed by atoms with Gasteiger partial charge in [0, 0.05) is 35.8 Å². The van der Waals surface area contributed by atoms with Gasteiger partial charge in [-0.2, -0.15) is 0 Å². The smallest absolute Gasteiger partial charge is 0.317 e. The molecule has 0 bridgehead atoms. The summed E-state index contributed by atoms with van der Waals surface area (Å²) in [5, 5.41) is 12.3. The van der Waals surface area contributed by atoms with Crippen LogP contribution in [-0.2, 0) is 4.79 Å². The molecule has 1 atom stereocenters. The quantitative estimate of drug-likeness (QED) is 0.596. The summed E-state index contributed by atoms with van der Waals surface area (Å²) >= 11 is 7.42. The number of hydrogen-bond donors (Lipinski definition) is 2. The van der Waals surface area contributed by atoms with Crippen LogP contribution in [-0.4, -0.2) is 47.9 Å². The van der Waals surface area contributed by atoms with Crippen LogP contribution < -0.4 is 5.32 Å². The lowest BCUT2D eigenvalue weighted by molar-refractivity contribution is -0.141. The molecule has 0 aliphatic carbocycles. The minimum Gasteiger partial charge on any atom is -0.481 e. The van der Waals surface area contributed by atoms with Crippen molar-refractivity contribution in [2.45, 2.75) is 11.8 Å². The maximum absolute atomic E-state index is 11.8. The normalized spacial score (nSPS) is 11.8. The van der Waals surface area contributed by atoms with Crippen LogP contribution in [0.5, 0.6) is 0 Å². The van der Waals surface area contributed by atoms with Crippen LogP contribution in [0.3, 0.4) is 0 Å². The number of hydrogen-bond acceptors (Lipinski definition) is 3. The van der Waals surface area contributed by atoms with Gasteiger partial charge in [0.1, 0.15) is 0 Å². The van der Waals surface area contributed by atoms with Gasteiger partial charge in [0.05, 0.1) is 5.92 Å². The van der Waals surface area contributed by atoms with E-state index in [4.69, 9.17) is 16.7 Å². The van der Waals surface area contributed by atoms with Gasteiger partial charge in [0.15, 0.2) is 0 Å². The standard InChI is InChI=1S/C14H19ClN2O3S/c1-10(13(18)19)9-17(2)14(20)16-7-8-21-12-5-3-11(15)4-6-12/h3-6,10H,7-9H2,1-2H3,(H,16,20)(H,18,19). The summed E-state index contributed by atoms with van der Waals surface area (Å²) in [6.45, 7) is 2.27. The van der Waals surface area contributed by atoms with Crippen molar-refractivity contribution in [2.75, 3.05) is 25.9 Å². The highest BCUT2D eigenvalue weighted by molar-refractivity contribution is 7.99. The maximum Gasteiger partial charge on any atom is 0.317 e. The molecule has 0 aliphatic rings. The van der Waals surface area contributed by atoms with Crippen molar-refractivity contribution in [3.63, 3.8) is 0 Å². The Bertz CT molecular complexity index is 482. The second kappa shape index (κ2) is 8.79. The van der Waals surface area contributed by atoms with Crippen molar-refractivity contribution in [1.29, 1.82) is 0 Å². The fourth-order valence-electron chi connectivity index (χ4n) is 1.56. The first-order valence-electron chi connectivity index (χ1n) is 6.50. The number of thioether (sulfide) groups is 1. The van der Waals surface area contributed by atoms with E-state index in [0.717, 1.165) is 10.6 Å². The number of carboxylic acids is 1. The Morgan fingerprint density at radius 1 is 1.38 bits per heavy atom. The predicted molar refractivity (Wildman–Crippen MR) is 85.0 cm³/mol. The molecule has 21 heavy (non-hydrogen) atoms. The zero-order chi connectivity index (χ0) is 15.8. The molecule has 0 aliphatic heterocycles. The third-order valence-corrected chi connectivity index (χ3v) is 4.04. The Morgan fingerprint density at radius 2 is 2.00 bits per heavy atom. The van der Waals surface area contributed by atoms with Crippen molar-refractivity contribution in [1.82, 2.24) is 10.2 Å². The molecule has 1 aromatic carbocycles. The number of carboxylic acid groups (broad SMARTS) is 1. The van der Waals surface area contributed by atoms with E-state index in [9.17, 15) is 9.59 Å². The summed E-state index contributed by atoms with van der Waals surface area (Å²) in [4.78, 5) is 24.9. The molecule has 0 spiro atoms. The highest BCUT2D eigenvalue weighted by Crippen LogP contribution is 2.19. The van der Waals surface area contributed by atoms with Crippen LogP contribution in [0.2, 0.25) is 5.02 Å². The molecule has 5 nitrogen and oxygen atoms in total. The molecule has 116 valence electrons. The summed E-state index contributed by atoms with van der Waals surface area (Å²) in [6, 6.07) is 7.23. The van der Waals surface area contributed by atoms with E-state index in [1.54, 1.807) is 25.7 Å². The summed E-state index contributed by atoms with van der Waals surface area (Å²) in [5.41, 5.74) is 0. The Morgan fingerprint density at radius 3 is 2.57 bits per heavy atom. The third-order valence-electron chi connectivity index (χ3n) is 2.78. The lowest BCUT2D eigenvalue weighted by atomic mass is 10.2. The van der Waals surface area contributed by atoms with Crippen LogP contribution >= 0.6 is 23.4 Å². The lowest BCUT2D eigenvalue weighted by Gasteiger charge is -2.19. The SMILES string of the molecule is CC(CN(C)C(=O)NCCSc1ccc(Cl)cc1)C(=O)O. The molecule has 1 aromatic rings. The molecule has 0 saturated heterocycles. The van der Waals surface area contributed by atoms with Crippen LogP contribution in [0.4, 0.5) is 4.79 Å². The molecule has 1 unspecified atom stereocenters. The molecule has 0 saturated carbocycles. The highest BCUT2D eigenvalue weighted by Gasteiger charge is 2.16. The van der Waals surface area contributed by atoms with Gasteiger partial charge in [-0.3, -0.25) is 4.79 Å². The molecule has 2 amide bonds. The molecule has 1 rings (SSSR count). The first-order chi connectivity index (χ1) is 9.90. The fourth-order valence-corrected chi connectivity index (χ4v) is 2.46. The summed E-state index contributed by atoms with van der Waals surface area (Å²) in [6.07, 6.45) is 0. The summed E-state index contributed by atoms with van der Waals surface area (Å²) in [5.74, 6) is -0.757. The second-order valence-corrected chi connectivity index (χ2v) is 6.26. The van der Waals surface area contributed by atoms with E-state index in [1.165, 1.54) is 4.90 Å². The van der Waals surface area contributed by atoms with Crippen LogP contribution in [0.25, 0.3) is 0 Å². The van der Waals surface area contributed by atoms with E-state index < -0.39 is 11.9 Å². The van der Waals surface area contributed by atoms with Crippen molar-refractivity contribution < 1.29 is 14.7 Å². The maximum atomic E-state index is 11.8. The highest BCUT2D eigenvalue weighted by atomic mass is 35.5. The Labute approximate surface area is 133 Å². The van der Waals surface area contributed by atoms with Crippen molar-refractivity contribution in [2.24, 2.45) is 5.92 Å². The number of carbonyl (C=O) groups is 2. The number of urea groups is 1. The number of nitrogens with zero attached hydrogens (tertiary/aromatic N) is 1. The van der Waals surface area contributed by atoms with E-state index >= 15 is 0 Å². The number of rotatable bonds is 7. The van der Waals surface area contributed by atoms with Gasteiger partial charge in [0.2, 0.25) is 0 Å². The molecular formula is C14H19ClN2O3S. The van der Waals surface area contributed by atoms with Gasteiger partial charge in [-0.25, -0.2) is 4.79 Å². The van der Waals surface area contributed by atoms with Gasteiger partial charge < -0.3 is 15.3 Å². The van der Waals surface area contributed by atoms with Gasteiger partial charge in [-0.1, -0.05) is 18.5 Å². The Kier molecular flexibility index (Phi) is 7.39. The number of nitrogens with one attached hydrogen (secondary N) is 1. The van der Waals surface area contributed by atoms with Gasteiger partial charge in [-0.15, -0.1) is 11.8 Å². The van der Waals surface area contributed by atoms with Crippen molar-refractivity contribution in [3.8, 4) is 0 Å². The predicted octanol–water partition coefficient (Wildman–Crippen LogP) is 2.79. The van der Waals surface area contributed by atoms with Crippen LogP contribution in [0, 0.1) is 5.92 Å². The first-order valence-corrected chi connectivity index (χ1v) is 7.86. The van der Waals surface area contributed by atoms with Crippen LogP contribution in [0.15, 0.2) is 29.2 Å². The monoisotopic (exact) mass is 330 g/mol. The molecule has 0 aromatic heterocycles. The largest absolute Gasteiger partial charge is 0.481 e. The number of benzene rings is 1. The van der Waals surface area contributed by atoms with Crippen molar-refractivity contribution in [3.05, 3.63) is 29.3 Å². The number of amides is 2. The topological polar surface area (TPSA) is 69.6 Å². The van der Waals surface area contributed by atoms with Gasteiger partial charge in [0.25, 0.3) is 0 Å². The Hall–Kier alpha value is -1.40. The van der Waals surface area contributed by atoms with Gasteiger partial charge >= 0.3 is 12.0 Å². The fraction of sp³-hybridized carbons (Fsp3) is 0.429. The van der Waals surface area contributed by atoms with Crippen LogP contribution in [0.1, 0.15) is 6.92 Å². The first kappa shape index (κ1) is 17.7. The summed E-state index contributed by atoms with van der Waals surface area (Å²) < 4.78 is 0. The second-order valence-electron chi connectivity index (χ2n) is 4.65. The average Bonchev–Trinajstić information content (AvgIpc) is 2.44. The van der Waals surface area contributed by atoms with Crippen molar-refractivity contribution >= 4 is 35.4 Å². The van der Waals surface area contributed by atoms with Gasteiger partial charge in [-0.05, 0) is 24.3 Å². The molecule has 7 heteroatoms. The summed E-state index contributed by atoms with van der Waals surface area (Å²) in [7, 11) is 1.58. The zero-order valence-electron chi connectivity index (χ0n) is 12.0. The molecule has 2 N–H and O–H groups in total. The molecular weight excluding hydrogens is 312 g/mol. The Balaban J connectivity index is 2.24. The minimum absolute atomic E-state index is 0.186. The number of aliphatic carboxylic acids is 1. The van der Waals surface area contributed by atoms with E-state index in [1.807, 2.05) is 24.3 Å². The number of halogens is 1. The van der Waals surface area contributed by atoms with E-state index in [0.29, 0.717) is 11.6 Å². The number of carbonyl (C=O) groups excluding carboxylic acids is 1. The molecule has 0 fully saturated rings. The van der Waals surface area contributed by atoms with E-state index in [2.05, 4.69) is 5.32 Å². The average molecular weight is 331 g/mol. The molecule has 0 radical (unpaired) electrons. The zero-order valence-corrected chi connectivity index (χ0v) is 13.6.